The second-order valence-electron chi connectivity index (χ2n) is 7.36. The summed E-state index contributed by atoms with van der Waals surface area (Å²) in [5.74, 6) is -1.34. The first-order valence-corrected chi connectivity index (χ1v) is 13.6. The number of carbonyl (C=O) groups is 1. The predicted molar refractivity (Wildman–Crippen MR) is 106 cm³/mol. The molecule has 1 unspecified atom stereocenters. The molecule has 0 spiro atoms. The van der Waals surface area contributed by atoms with E-state index in [9.17, 15) is 14.7 Å². The number of aliphatic hydroxyl groups is 1. The van der Waals surface area contributed by atoms with Crippen molar-refractivity contribution in [3.8, 4) is 0 Å². The van der Waals surface area contributed by atoms with E-state index in [1.807, 2.05) is 0 Å². The van der Waals surface area contributed by atoms with Crippen molar-refractivity contribution < 1.29 is 30.2 Å². The summed E-state index contributed by atoms with van der Waals surface area (Å²) in [5, 5.41) is 19.4. The van der Waals surface area contributed by atoms with E-state index >= 15 is 0 Å². The van der Waals surface area contributed by atoms with E-state index < -0.39 is 36.3 Å². The van der Waals surface area contributed by atoms with Crippen LogP contribution in [0.25, 0.3) is 0 Å². The predicted octanol–water partition coefficient (Wildman–Crippen LogP) is 1.43. The van der Waals surface area contributed by atoms with Gasteiger partial charge in [-0.2, -0.15) is 0 Å². The number of aliphatic carboxylic acids is 1. The van der Waals surface area contributed by atoms with Crippen LogP contribution in [0.15, 0.2) is 0 Å². The van der Waals surface area contributed by atoms with E-state index in [0.29, 0.717) is 6.42 Å². The molecule has 2 bridgehead atoms. The molecule has 7 nitrogen and oxygen atoms in total. The summed E-state index contributed by atoms with van der Waals surface area (Å²) in [6.07, 6.45) is 16.9. The molecule has 1 atom stereocenters. The Morgan fingerprint density at radius 2 is 1.18 bits per heavy atom. The second-order valence-corrected chi connectivity index (χ2v) is 11.8. The number of rotatable bonds is 16. The van der Waals surface area contributed by atoms with Crippen molar-refractivity contribution in [2.75, 3.05) is 0 Å². The maximum absolute atomic E-state index is 10.3. The average molecular weight is 443 g/mol. The summed E-state index contributed by atoms with van der Waals surface area (Å²) in [7, 11) is -3.00. The molecule has 0 aromatic heterocycles. The van der Waals surface area contributed by atoms with E-state index in [-0.39, 0.29) is 23.1 Å². The van der Waals surface area contributed by atoms with Crippen LogP contribution in [0.1, 0.15) is 103 Å². The van der Waals surface area contributed by atoms with Crippen LogP contribution >= 0.6 is 0 Å². The molecule has 0 radical (unpaired) electrons. The summed E-state index contributed by atoms with van der Waals surface area (Å²) in [4.78, 5) is 20.4. The zero-order valence-electron chi connectivity index (χ0n) is 17.4. The molecule has 0 amide bonds. The SMILES string of the molecule is CCCCCCCCCCCCCCCCC(O)C(=O)[O-].[Mg+2].[O-][Si]12[O][Al]([O]1)[O]2. The molecular formula is C18H35AlMgO7Si. The largest absolute Gasteiger partial charge is 2.00 e. The van der Waals surface area contributed by atoms with Crippen LogP contribution in [0.5, 0.6) is 0 Å². The van der Waals surface area contributed by atoms with Gasteiger partial charge < -0.3 is 30.2 Å². The minimum absolute atomic E-state index is 0. The van der Waals surface area contributed by atoms with Gasteiger partial charge in [0.15, 0.2) is 0 Å². The molecule has 3 saturated heterocycles. The molecule has 3 aliphatic rings. The van der Waals surface area contributed by atoms with E-state index in [2.05, 4.69) is 17.4 Å². The number of hydrogen-bond acceptors (Lipinski definition) is 7. The quantitative estimate of drug-likeness (QED) is 0.284. The third-order valence-corrected chi connectivity index (χ3v) is 10.6. The maximum atomic E-state index is 10.3. The van der Waals surface area contributed by atoms with Gasteiger partial charge in [0, 0.05) is 0 Å². The fourth-order valence-corrected chi connectivity index (χ4v) is 6.07. The number of unbranched alkanes of at least 4 members (excludes halogenated alkanes) is 13. The summed E-state index contributed by atoms with van der Waals surface area (Å²) in [6, 6.07) is 0. The molecule has 0 saturated carbocycles. The molecule has 1 N–H and O–H groups in total. The molecule has 158 valence electrons. The first-order chi connectivity index (χ1) is 13.0. The number of carboxylic acids is 1. The molecule has 10 heteroatoms. The standard InChI is InChI=1S/C18H36O3.Al.Mg.O4Si/c1-2-3-4-5-6-7-8-9-10-11-12-13-14-15-16-17(19)18(20)21;;;1-5(2,3)4/h17,19H,2-16H2,1H3,(H,20,21);;;/q;+3;+2;-4/p-1. The van der Waals surface area contributed by atoms with E-state index in [1.54, 1.807) is 0 Å². The minimum atomic E-state index is -3.00. The van der Waals surface area contributed by atoms with E-state index in [0.717, 1.165) is 19.3 Å². The molecule has 0 aliphatic carbocycles. The second kappa shape index (κ2) is 17.5. The molecule has 0 aromatic carbocycles. The zero-order valence-corrected chi connectivity index (χ0v) is 20.9. The smallest absolute Gasteiger partial charge is 0.797 e. The Balaban J connectivity index is 0.000000857. The topological polar surface area (TPSA) is 111 Å². The normalized spacial score (nSPS) is 16.8. The van der Waals surface area contributed by atoms with Crippen molar-refractivity contribution in [3.05, 3.63) is 0 Å². The molecule has 3 aliphatic heterocycles. The third kappa shape index (κ3) is 13.9. The summed E-state index contributed by atoms with van der Waals surface area (Å²) in [6.45, 7) is 2.26. The van der Waals surface area contributed by atoms with Crippen molar-refractivity contribution in [2.45, 2.75) is 109 Å². The number of carbonyl (C=O) groups excluding carboxylic acids is 1. The van der Waals surface area contributed by atoms with Gasteiger partial charge in [-0.15, -0.1) is 0 Å². The number of hydrogen-bond donors (Lipinski definition) is 1. The fraction of sp³-hybridized carbons (Fsp3) is 0.944. The third-order valence-electron chi connectivity index (χ3n) is 4.82. The number of carboxylic acid groups (broad SMARTS) is 1. The first kappa shape index (κ1) is 28.8. The van der Waals surface area contributed by atoms with Crippen LogP contribution < -0.4 is 9.90 Å². The van der Waals surface area contributed by atoms with Crippen molar-refractivity contribution in [2.24, 2.45) is 0 Å². The Bertz CT molecular complexity index is 389. The fourth-order valence-electron chi connectivity index (χ4n) is 3.03. The van der Waals surface area contributed by atoms with Crippen molar-refractivity contribution in [1.29, 1.82) is 0 Å². The molecular weight excluding hydrogens is 408 g/mol. The zero-order chi connectivity index (χ0) is 20.0. The van der Waals surface area contributed by atoms with Gasteiger partial charge >= 0.3 is 47.3 Å². The molecule has 28 heavy (non-hydrogen) atoms. The van der Waals surface area contributed by atoms with E-state index in [1.165, 1.54) is 70.6 Å². The van der Waals surface area contributed by atoms with Gasteiger partial charge in [0.25, 0.3) is 0 Å². The molecule has 3 heterocycles. The Labute approximate surface area is 192 Å². The first-order valence-electron chi connectivity index (χ1n) is 10.6. The monoisotopic (exact) mass is 442 g/mol. The molecule has 3 rings (SSSR count). The van der Waals surface area contributed by atoms with Gasteiger partial charge in [-0.05, 0) is 6.42 Å². The van der Waals surface area contributed by atoms with Crippen molar-refractivity contribution in [1.82, 2.24) is 0 Å². The van der Waals surface area contributed by atoms with Gasteiger partial charge in [0.2, 0.25) is 0 Å². The van der Waals surface area contributed by atoms with Crippen LogP contribution in [0, 0.1) is 0 Å². The maximum Gasteiger partial charge on any atom is 2.00 e. The Morgan fingerprint density at radius 3 is 1.43 bits per heavy atom. The van der Waals surface area contributed by atoms with Crippen LogP contribution in [0.2, 0.25) is 0 Å². The Morgan fingerprint density at radius 1 is 0.857 bits per heavy atom. The van der Waals surface area contributed by atoms with Gasteiger partial charge in [0.1, 0.15) is 0 Å². The molecule has 3 fully saturated rings. The van der Waals surface area contributed by atoms with Gasteiger partial charge in [-0.3, -0.25) is 0 Å². The van der Waals surface area contributed by atoms with E-state index in [4.69, 9.17) is 5.11 Å². The van der Waals surface area contributed by atoms with Crippen LogP contribution in [-0.4, -0.2) is 64.4 Å². The molecule has 0 aromatic rings. The van der Waals surface area contributed by atoms with Gasteiger partial charge in [-0.25, -0.2) is 0 Å². The Hall–Kier alpha value is 0.786. The van der Waals surface area contributed by atoms with Crippen molar-refractivity contribution in [3.63, 3.8) is 0 Å². The average Bonchev–Trinajstić information content (AvgIpc) is 2.59. The van der Waals surface area contributed by atoms with Crippen LogP contribution in [0.3, 0.4) is 0 Å². The van der Waals surface area contributed by atoms with Crippen LogP contribution in [0.4, 0.5) is 0 Å². The summed E-state index contributed by atoms with van der Waals surface area (Å²) in [5.41, 5.74) is 0. The summed E-state index contributed by atoms with van der Waals surface area (Å²) < 4.78 is 13.5. The van der Waals surface area contributed by atoms with Crippen LogP contribution in [-0.2, 0) is 15.2 Å². The van der Waals surface area contributed by atoms with Gasteiger partial charge in [0.05, 0.1) is 12.1 Å². The summed E-state index contributed by atoms with van der Waals surface area (Å²) >= 11 is -1.64. The van der Waals surface area contributed by atoms with Crippen molar-refractivity contribution >= 4 is 53.2 Å². The van der Waals surface area contributed by atoms with Gasteiger partial charge in [-0.1, -0.05) is 96.8 Å². The minimum Gasteiger partial charge on any atom is -0.797 e. The Kier molecular flexibility index (Phi) is 18.0. The number of aliphatic hydroxyl groups excluding tert-OH is 1.